The Hall–Kier alpha value is -1.32. The predicted octanol–water partition coefficient (Wildman–Crippen LogP) is 3.74. The highest BCUT2D eigenvalue weighted by Crippen LogP contribution is 2.29. The highest BCUT2D eigenvalue weighted by atomic mass is 32.2. The largest absolute Gasteiger partial charge is 0.326 e. The quantitative estimate of drug-likeness (QED) is 0.894. The zero-order chi connectivity index (χ0) is 12.3. The maximum Gasteiger partial charge on any atom is 0.124 e. The summed E-state index contributed by atoms with van der Waals surface area (Å²) in [6.07, 6.45) is 0. The van der Waals surface area contributed by atoms with Gasteiger partial charge in [-0.25, -0.2) is 4.39 Å². The van der Waals surface area contributed by atoms with Gasteiger partial charge in [0.25, 0.3) is 0 Å². The highest BCUT2D eigenvalue weighted by Gasteiger charge is 2.02. The molecule has 0 atom stereocenters. The van der Waals surface area contributed by atoms with E-state index in [1.54, 1.807) is 11.8 Å². The minimum Gasteiger partial charge on any atom is -0.326 e. The second kappa shape index (κ2) is 5.34. The van der Waals surface area contributed by atoms with Crippen LogP contribution >= 0.6 is 11.8 Å². The van der Waals surface area contributed by atoms with Crippen LogP contribution in [0.25, 0.3) is 0 Å². The third-order valence-corrected chi connectivity index (χ3v) is 3.35. The molecule has 2 rings (SSSR count). The maximum absolute atomic E-state index is 13.3. The summed E-state index contributed by atoms with van der Waals surface area (Å²) in [6, 6.07) is 13.1. The smallest absolute Gasteiger partial charge is 0.124 e. The lowest BCUT2D eigenvalue weighted by molar-refractivity contribution is 0.621. The molecule has 2 aromatic carbocycles. The van der Waals surface area contributed by atoms with E-state index in [-0.39, 0.29) is 5.82 Å². The first-order valence-electron chi connectivity index (χ1n) is 5.41. The van der Waals surface area contributed by atoms with Gasteiger partial charge in [0.15, 0.2) is 0 Å². The number of hydrogen-bond donors (Lipinski definition) is 1. The zero-order valence-corrected chi connectivity index (χ0v) is 10.4. The lowest BCUT2D eigenvalue weighted by atomic mass is 10.2. The van der Waals surface area contributed by atoms with Crippen molar-refractivity contribution in [2.24, 2.45) is 5.73 Å². The van der Waals surface area contributed by atoms with Crippen molar-refractivity contribution in [3.8, 4) is 0 Å². The number of rotatable bonds is 3. The van der Waals surface area contributed by atoms with Crippen molar-refractivity contribution in [3.05, 3.63) is 59.4 Å². The predicted molar refractivity (Wildman–Crippen MR) is 69.6 cm³/mol. The van der Waals surface area contributed by atoms with Gasteiger partial charge >= 0.3 is 0 Å². The van der Waals surface area contributed by atoms with Crippen LogP contribution in [0.2, 0.25) is 0 Å². The molecule has 2 aromatic rings. The van der Waals surface area contributed by atoms with Gasteiger partial charge in [-0.05, 0) is 42.8 Å². The van der Waals surface area contributed by atoms with E-state index in [1.807, 2.05) is 31.2 Å². The first-order valence-corrected chi connectivity index (χ1v) is 6.23. The first kappa shape index (κ1) is 12.1. The third-order valence-electron chi connectivity index (χ3n) is 2.39. The molecule has 0 amide bonds. The molecule has 0 fully saturated rings. The van der Waals surface area contributed by atoms with Gasteiger partial charge < -0.3 is 5.73 Å². The summed E-state index contributed by atoms with van der Waals surface area (Å²) < 4.78 is 13.3. The Labute approximate surface area is 105 Å². The molecule has 17 heavy (non-hydrogen) atoms. The van der Waals surface area contributed by atoms with E-state index < -0.39 is 0 Å². The molecule has 0 spiro atoms. The van der Waals surface area contributed by atoms with Gasteiger partial charge in [-0.2, -0.15) is 0 Å². The second-order valence-electron chi connectivity index (χ2n) is 3.92. The molecule has 0 saturated heterocycles. The fourth-order valence-electron chi connectivity index (χ4n) is 1.61. The van der Waals surface area contributed by atoms with E-state index in [4.69, 9.17) is 5.73 Å². The molecule has 3 heteroatoms. The molecule has 0 heterocycles. The molecular weight excluding hydrogens is 233 g/mol. The van der Waals surface area contributed by atoms with Crippen LogP contribution in [-0.2, 0) is 6.54 Å². The Morgan fingerprint density at radius 1 is 1.12 bits per heavy atom. The van der Waals surface area contributed by atoms with Gasteiger partial charge in [0, 0.05) is 16.3 Å². The van der Waals surface area contributed by atoms with Crippen molar-refractivity contribution in [1.82, 2.24) is 0 Å². The Morgan fingerprint density at radius 2 is 1.94 bits per heavy atom. The van der Waals surface area contributed by atoms with Crippen molar-refractivity contribution in [3.63, 3.8) is 0 Å². The van der Waals surface area contributed by atoms with Gasteiger partial charge in [0.05, 0.1) is 0 Å². The minimum atomic E-state index is -0.233. The monoisotopic (exact) mass is 247 g/mol. The van der Waals surface area contributed by atoms with Crippen LogP contribution < -0.4 is 5.73 Å². The van der Waals surface area contributed by atoms with Gasteiger partial charge in [-0.1, -0.05) is 29.5 Å². The zero-order valence-electron chi connectivity index (χ0n) is 9.61. The lowest BCUT2D eigenvalue weighted by Crippen LogP contribution is -1.97. The summed E-state index contributed by atoms with van der Waals surface area (Å²) in [7, 11) is 0. The summed E-state index contributed by atoms with van der Waals surface area (Å²) in [5, 5.41) is 0. The van der Waals surface area contributed by atoms with Gasteiger partial charge in [0.2, 0.25) is 0 Å². The number of hydrogen-bond acceptors (Lipinski definition) is 2. The molecule has 88 valence electrons. The van der Waals surface area contributed by atoms with E-state index in [1.165, 1.54) is 17.7 Å². The van der Waals surface area contributed by atoms with E-state index in [2.05, 4.69) is 6.07 Å². The Bertz CT molecular complexity index is 525. The van der Waals surface area contributed by atoms with Crippen molar-refractivity contribution in [2.45, 2.75) is 23.3 Å². The second-order valence-corrected chi connectivity index (χ2v) is 5.06. The average molecular weight is 247 g/mol. The Balaban J connectivity index is 2.26. The fraction of sp³-hybridized carbons (Fsp3) is 0.143. The minimum absolute atomic E-state index is 0.233. The van der Waals surface area contributed by atoms with Crippen LogP contribution in [0.1, 0.15) is 11.1 Å². The topological polar surface area (TPSA) is 26.0 Å². The Morgan fingerprint density at radius 3 is 2.65 bits per heavy atom. The van der Waals surface area contributed by atoms with Crippen LogP contribution in [0.3, 0.4) is 0 Å². The number of aryl methyl sites for hydroxylation is 1. The molecular formula is C14H14FNS. The molecule has 0 aliphatic heterocycles. The van der Waals surface area contributed by atoms with Gasteiger partial charge in [-0.15, -0.1) is 0 Å². The van der Waals surface area contributed by atoms with E-state index in [9.17, 15) is 4.39 Å². The van der Waals surface area contributed by atoms with Crippen LogP contribution in [0.5, 0.6) is 0 Å². The number of nitrogens with two attached hydrogens (primary N) is 1. The molecule has 0 radical (unpaired) electrons. The first-order chi connectivity index (χ1) is 8.17. The molecule has 2 N–H and O–H groups in total. The van der Waals surface area contributed by atoms with Crippen LogP contribution in [0.4, 0.5) is 4.39 Å². The summed E-state index contributed by atoms with van der Waals surface area (Å²) in [5.41, 5.74) is 7.55. The van der Waals surface area contributed by atoms with Crippen LogP contribution in [0.15, 0.2) is 52.3 Å². The number of halogens is 1. The number of benzene rings is 2. The molecule has 0 unspecified atom stereocenters. The van der Waals surface area contributed by atoms with Crippen LogP contribution in [-0.4, -0.2) is 0 Å². The molecule has 0 aromatic heterocycles. The summed E-state index contributed by atoms with van der Waals surface area (Å²) in [6.45, 7) is 2.40. The average Bonchev–Trinajstić information content (AvgIpc) is 2.28. The molecule has 0 aliphatic carbocycles. The van der Waals surface area contributed by atoms with Crippen molar-refractivity contribution < 1.29 is 4.39 Å². The molecule has 0 aliphatic rings. The lowest BCUT2D eigenvalue weighted by Gasteiger charge is -2.05. The standard InChI is InChI=1S/C14H14FNS/c1-10-3-2-4-13(5-10)17-14-7-11(9-16)6-12(15)8-14/h2-8H,9,16H2,1H3. The summed E-state index contributed by atoms with van der Waals surface area (Å²) in [4.78, 5) is 2.00. The Kier molecular flexibility index (Phi) is 3.82. The normalized spacial score (nSPS) is 10.5. The fourth-order valence-corrected chi connectivity index (χ4v) is 2.66. The molecule has 0 bridgehead atoms. The van der Waals surface area contributed by atoms with Gasteiger partial charge in [-0.3, -0.25) is 0 Å². The SMILES string of the molecule is Cc1cccc(Sc2cc(F)cc(CN)c2)c1. The summed E-state index contributed by atoms with van der Waals surface area (Å²) >= 11 is 1.55. The van der Waals surface area contributed by atoms with E-state index >= 15 is 0 Å². The summed E-state index contributed by atoms with van der Waals surface area (Å²) in [5.74, 6) is -0.233. The molecule has 1 nitrogen and oxygen atoms in total. The van der Waals surface area contributed by atoms with E-state index in [0.717, 1.165) is 15.4 Å². The maximum atomic E-state index is 13.3. The van der Waals surface area contributed by atoms with Crippen molar-refractivity contribution in [1.29, 1.82) is 0 Å². The van der Waals surface area contributed by atoms with Gasteiger partial charge in [0.1, 0.15) is 5.82 Å². The molecule has 0 saturated carbocycles. The third kappa shape index (κ3) is 3.32. The highest BCUT2D eigenvalue weighted by molar-refractivity contribution is 7.99. The van der Waals surface area contributed by atoms with E-state index in [0.29, 0.717) is 6.54 Å². The van der Waals surface area contributed by atoms with Crippen molar-refractivity contribution in [2.75, 3.05) is 0 Å². The van der Waals surface area contributed by atoms with Crippen molar-refractivity contribution >= 4 is 11.8 Å². The van der Waals surface area contributed by atoms with Crippen LogP contribution in [0, 0.1) is 12.7 Å².